The summed E-state index contributed by atoms with van der Waals surface area (Å²) in [5.74, 6) is -1.07. The number of sulfonamides is 1. The van der Waals surface area contributed by atoms with Crippen molar-refractivity contribution in [2.24, 2.45) is 0 Å². The molecule has 0 fully saturated rings. The van der Waals surface area contributed by atoms with Crippen molar-refractivity contribution in [3.63, 3.8) is 0 Å². The number of halogens is 2. The molecule has 0 spiro atoms. The lowest BCUT2D eigenvalue weighted by Gasteiger charge is -2.31. The van der Waals surface area contributed by atoms with Crippen molar-refractivity contribution in [3.05, 3.63) is 95.4 Å². The first-order valence-corrected chi connectivity index (χ1v) is 13.5. The molecule has 5 rings (SSSR count). The maximum atomic E-state index is 13.8. The zero-order valence-electron chi connectivity index (χ0n) is 18.6. The fourth-order valence-corrected chi connectivity index (χ4v) is 6.10. The molecule has 0 radical (unpaired) electrons. The molecule has 182 valence electrons. The van der Waals surface area contributed by atoms with Crippen LogP contribution in [0.4, 0.5) is 15.8 Å². The lowest BCUT2D eigenvalue weighted by Crippen LogP contribution is -2.34. The Kier molecular flexibility index (Phi) is 6.65. The summed E-state index contributed by atoms with van der Waals surface area (Å²) in [5, 5.41) is 3.10. The number of amides is 1. The quantitative estimate of drug-likeness (QED) is 0.261. The van der Waals surface area contributed by atoms with Gasteiger partial charge in [-0.05, 0) is 35.9 Å². The van der Waals surface area contributed by atoms with Crippen LogP contribution in [0.5, 0.6) is 0 Å². The number of anilines is 2. The van der Waals surface area contributed by atoms with Gasteiger partial charge in [-0.2, -0.15) is 0 Å². The van der Waals surface area contributed by atoms with E-state index in [9.17, 15) is 17.6 Å². The summed E-state index contributed by atoms with van der Waals surface area (Å²) in [4.78, 5) is 20.9. The number of carbonyl (C=O) groups is 1. The molecule has 0 unspecified atom stereocenters. The van der Waals surface area contributed by atoms with Gasteiger partial charge in [-0.15, -0.1) is 0 Å². The number of carbonyl (C=O) groups excluding carboxylic acids is 1. The van der Waals surface area contributed by atoms with Crippen molar-refractivity contribution in [1.29, 1.82) is 0 Å². The number of benzene rings is 3. The Morgan fingerprint density at radius 3 is 2.58 bits per heavy atom. The molecule has 1 aliphatic rings. The first kappa shape index (κ1) is 24.2. The van der Waals surface area contributed by atoms with Gasteiger partial charge in [0.1, 0.15) is 10.7 Å². The Hall–Kier alpha value is -3.47. The molecule has 2 heterocycles. The number of thioether (sulfide) groups is 1. The monoisotopic (exact) mass is 540 g/mol. The van der Waals surface area contributed by atoms with Crippen LogP contribution in [0.15, 0.2) is 89.0 Å². The summed E-state index contributed by atoms with van der Waals surface area (Å²) in [6.07, 6.45) is 1.25. The predicted octanol–water partition coefficient (Wildman–Crippen LogP) is 5.38. The van der Waals surface area contributed by atoms with Gasteiger partial charge in [-0.1, -0.05) is 65.8 Å². The summed E-state index contributed by atoms with van der Waals surface area (Å²) in [5.41, 5.74) is 2.11. The minimum atomic E-state index is -3.99. The minimum Gasteiger partial charge on any atom is -0.323 e. The number of nitrogens with zero attached hydrogens (tertiary/aromatic N) is 3. The first-order valence-electron chi connectivity index (χ1n) is 10.7. The van der Waals surface area contributed by atoms with Gasteiger partial charge in [-0.3, -0.25) is 9.10 Å². The van der Waals surface area contributed by atoms with Crippen LogP contribution < -0.4 is 9.62 Å². The molecule has 0 saturated heterocycles. The third kappa shape index (κ3) is 4.79. The van der Waals surface area contributed by atoms with Crippen LogP contribution >= 0.6 is 23.4 Å². The van der Waals surface area contributed by atoms with Gasteiger partial charge in [0.2, 0.25) is 5.91 Å². The molecule has 1 aromatic heterocycles. The fraction of sp³-hybridized carbons (Fsp3) is 0.0800. The lowest BCUT2D eigenvalue weighted by molar-refractivity contribution is -0.113. The van der Waals surface area contributed by atoms with Gasteiger partial charge in [0.05, 0.1) is 35.6 Å². The number of nitrogens with one attached hydrogen (secondary N) is 1. The molecule has 1 N–H and O–H groups in total. The van der Waals surface area contributed by atoms with E-state index in [0.717, 1.165) is 17.3 Å². The summed E-state index contributed by atoms with van der Waals surface area (Å²) in [6.45, 7) is 0.114. The van der Waals surface area contributed by atoms with Crippen molar-refractivity contribution >= 4 is 50.7 Å². The Bertz CT molecular complexity index is 1570. The van der Waals surface area contributed by atoms with Crippen LogP contribution in [0.1, 0.15) is 5.56 Å². The van der Waals surface area contributed by atoms with E-state index in [4.69, 9.17) is 11.6 Å². The highest BCUT2D eigenvalue weighted by atomic mass is 35.5. The van der Waals surface area contributed by atoms with Gasteiger partial charge < -0.3 is 5.32 Å². The normalized spacial score (nSPS) is 13.6. The largest absolute Gasteiger partial charge is 0.323 e. The van der Waals surface area contributed by atoms with Crippen LogP contribution in [0.2, 0.25) is 5.02 Å². The highest BCUT2D eigenvalue weighted by molar-refractivity contribution is 7.99. The third-order valence-electron chi connectivity index (χ3n) is 5.43. The summed E-state index contributed by atoms with van der Waals surface area (Å²) < 4.78 is 42.3. The molecule has 0 aliphatic carbocycles. The average Bonchev–Trinajstić information content (AvgIpc) is 2.87. The number of rotatable bonds is 6. The van der Waals surface area contributed by atoms with Crippen molar-refractivity contribution < 1.29 is 17.6 Å². The molecule has 7 nitrogen and oxygen atoms in total. The van der Waals surface area contributed by atoms with E-state index in [1.807, 2.05) is 30.3 Å². The molecule has 1 aliphatic heterocycles. The average molecular weight is 541 g/mol. The molecule has 0 bridgehead atoms. The Morgan fingerprint density at radius 1 is 1.06 bits per heavy atom. The second-order valence-electron chi connectivity index (χ2n) is 7.84. The Balaban J connectivity index is 1.44. The maximum absolute atomic E-state index is 13.8. The van der Waals surface area contributed by atoms with E-state index >= 15 is 0 Å². The van der Waals surface area contributed by atoms with Crippen LogP contribution in [0.25, 0.3) is 11.3 Å². The second-order valence-corrected chi connectivity index (χ2v) is 11.1. The van der Waals surface area contributed by atoms with Gasteiger partial charge in [0, 0.05) is 10.6 Å². The molecule has 4 aromatic rings. The number of para-hydroxylation sites is 1. The highest BCUT2D eigenvalue weighted by Gasteiger charge is 2.37. The standard InChI is InChI=1S/C25H18ClFN4O3S2/c26-17-10-11-18-21(12-17)31(14-16-6-2-1-3-7-16)36(33,34)22-13-28-25(30-24(18)22)35-15-23(32)29-20-9-5-4-8-19(20)27/h1-13H,14-15H2,(H,29,32). The zero-order chi connectivity index (χ0) is 25.3. The maximum Gasteiger partial charge on any atom is 0.268 e. The SMILES string of the molecule is O=C(CSc1ncc2c(n1)-c1ccc(Cl)cc1N(Cc1ccccc1)S2(=O)=O)Nc1ccccc1F. The van der Waals surface area contributed by atoms with Crippen molar-refractivity contribution in [2.75, 3.05) is 15.4 Å². The Morgan fingerprint density at radius 2 is 1.81 bits per heavy atom. The van der Waals surface area contributed by atoms with Gasteiger partial charge >= 0.3 is 0 Å². The van der Waals surface area contributed by atoms with Crippen molar-refractivity contribution in [1.82, 2.24) is 9.97 Å². The third-order valence-corrected chi connectivity index (χ3v) is 8.29. The van der Waals surface area contributed by atoms with E-state index < -0.39 is 21.7 Å². The molecule has 11 heteroatoms. The van der Waals surface area contributed by atoms with Crippen molar-refractivity contribution in [2.45, 2.75) is 16.6 Å². The Labute approximate surface area is 216 Å². The molecule has 0 atom stereocenters. The first-order chi connectivity index (χ1) is 17.3. The van der Waals surface area contributed by atoms with E-state index in [1.165, 1.54) is 28.7 Å². The molecular formula is C25H18ClFN4O3S2. The van der Waals surface area contributed by atoms with Crippen LogP contribution in [-0.4, -0.2) is 30.0 Å². The van der Waals surface area contributed by atoms with Crippen LogP contribution in [-0.2, 0) is 21.4 Å². The van der Waals surface area contributed by atoms with E-state index in [0.29, 0.717) is 16.3 Å². The van der Waals surface area contributed by atoms with E-state index in [2.05, 4.69) is 15.3 Å². The number of hydrogen-bond donors (Lipinski definition) is 1. The van der Waals surface area contributed by atoms with Crippen molar-refractivity contribution in [3.8, 4) is 11.3 Å². The number of aromatic nitrogens is 2. The minimum absolute atomic E-state index is 0.0339. The molecule has 1 amide bonds. The van der Waals surface area contributed by atoms with E-state index in [-0.39, 0.29) is 33.7 Å². The molecule has 3 aromatic carbocycles. The molecular weight excluding hydrogens is 523 g/mol. The predicted molar refractivity (Wildman–Crippen MR) is 138 cm³/mol. The second kappa shape index (κ2) is 9.88. The van der Waals surface area contributed by atoms with Crippen LogP contribution in [0, 0.1) is 5.82 Å². The number of fused-ring (bicyclic) bond motifs is 3. The lowest BCUT2D eigenvalue weighted by atomic mass is 10.1. The molecule has 0 saturated carbocycles. The van der Waals surface area contributed by atoms with Gasteiger partial charge in [0.25, 0.3) is 10.0 Å². The van der Waals surface area contributed by atoms with Gasteiger partial charge in [-0.25, -0.2) is 22.8 Å². The highest BCUT2D eigenvalue weighted by Crippen LogP contribution is 2.44. The zero-order valence-corrected chi connectivity index (χ0v) is 20.9. The number of hydrogen-bond acceptors (Lipinski definition) is 6. The summed E-state index contributed by atoms with van der Waals surface area (Å²) in [6, 6.07) is 20.1. The fourth-order valence-electron chi connectivity index (χ4n) is 3.76. The van der Waals surface area contributed by atoms with Crippen LogP contribution in [0.3, 0.4) is 0 Å². The summed E-state index contributed by atoms with van der Waals surface area (Å²) in [7, 11) is -3.99. The van der Waals surface area contributed by atoms with E-state index in [1.54, 1.807) is 24.3 Å². The van der Waals surface area contributed by atoms with Gasteiger partial charge in [0.15, 0.2) is 5.16 Å². The summed E-state index contributed by atoms with van der Waals surface area (Å²) >= 11 is 7.25. The topological polar surface area (TPSA) is 92.3 Å². The molecule has 36 heavy (non-hydrogen) atoms. The smallest absolute Gasteiger partial charge is 0.268 e.